The lowest BCUT2D eigenvalue weighted by atomic mass is 9.75. The van der Waals surface area contributed by atoms with Crippen LogP contribution in [0.15, 0.2) is 24.3 Å². The molecule has 3 rings (SSSR count). The van der Waals surface area contributed by atoms with E-state index in [9.17, 15) is 0 Å². The highest BCUT2D eigenvalue weighted by Gasteiger charge is 2.31. The second-order valence-electron chi connectivity index (χ2n) is 7.83. The first-order chi connectivity index (χ1) is 11.3. The minimum atomic E-state index is 0.561. The third-order valence-corrected chi connectivity index (χ3v) is 6.27. The Labute approximate surface area is 142 Å². The fourth-order valence-corrected chi connectivity index (χ4v) is 4.59. The molecule has 1 heteroatoms. The van der Waals surface area contributed by atoms with Crippen molar-refractivity contribution in [1.29, 1.82) is 0 Å². The van der Waals surface area contributed by atoms with E-state index in [1.807, 2.05) is 0 Å². The largest absolute Gasteiger partial charge is 0.378 e. The van der Waals surface area contributed by atoms with Gasteiger partial charge in [0.15, 0.2) is 0 Å². The van der Waals surface area contributed by atoms with Crippen molar-refractivity contribution in [2.75, 3.05) is 6.61 Å². The van der Waals surface area contributed by atoms with Crippen LogP contribution in [0.1, 0.15) is 82.3 Å². The first kappa shape index (κ1) is 17.0. The van der Waals surface area contributed by atoms with Gasteiger partial charge in [-0.25, -0.2) is 0 Å². The van der Waals surface area contributed by atoms with Gasteiger partial charge >= 0.3 is 0 Å². The fourth-order valence-electron chi connectivity index (χ4n) is 4.59. The standard InChI is InChI=1S/C22H34O/c1-3-5-18-6-9-19(10-7-18)20-11-13-21(14-12-20)22-15-8-17(4-2)16-23-22/h6-7,9-10,17,20-22H,3-5,8,11-16H2,1-2H3. The molecule has 128 valence electrons. The minimum Gasteiger partial charge on any atom is -0.378 e. The van der Waals surface area contributed by atoms with Gasteiger partial charge in [-0.1, -0.05) is 51.0 Å². The molecule has 2 aliphatic rings. The Balaban J connectivity index is 1.48. The first-order valence-corrected chi connectivity index (χ1v) is 10.0. The van der Waals surface area contributed by atoms with Crippen LogP contribution in [0.25, 0.3) is 0 Å². The second kappa shape index (κ2) is 8.33. The highest BCUT2D eigenvalue weighted by Crippen LogP contribution is 2.40. The summed E-state index contributed by atoms with van der Waals surface area (Å²) in [5.74, 6) is 2.43. The van der Waals surface area contributed by atoms with Gasteiger partial charge in [-0.05, 0) is 73.8 Å². The van der Waals surface area contributed by atoms with Crippen molar-refractivity contribution in [3.63, 3.8) is 0 Å². The van der Waals surface area contributed by atoms with Gasteiger partial charge in [0.2, 0.25) is 0 Å². The van der Waals surface area contributed by atoms with Crippen LogP contribution in [0.2, 0.25) is 0 Å². The van der Waals surface area contributed by atoms with Crippen LogP contribution in [0.5, 0.6) is 0 Å². The number of hydrogen-bond donors (Lipinski definition) is 0. The average molecular weight is 315 g/mol. The van der Waals surface area contributed by atoms with E-state index in [2.05, 4.69) is 38.1 Å². The maximum absolute atomic E-state index is 6.20. The van der Waals surface area contributed by atoms with Crippen molar-refractivity contribution in [2.24, 2.45) is 11.8 Å². The van der Waals surface area contributed by atoms with Gasteiger partial charge in [0.05, 0.1) is 6.10 Å². The van der Waals surface area contributed by atoms with Crippen LogP contribution in [0.3, 0.4) is 0 Å². The summed E-state index contributed by atoms with van der Waals surface area (Å²) in [7, 11) is 0. The summed E-state index contributed by atoms with van der Waals surface area (Å²) in [6.45, 7) is 5.57. The molecule has 2 unspecified atom stereocenters. The van der Waals surface area contributed by atoms with Crippen molar-refractivity contribution in [3.8, 4) is 0 Å². The summed E-state index contributed by atoms with van der Waals surface area (Å²) in [5, 5.41) is 0. The van der Waals surface area contributed by atoms with Crippen molar-refractivity contribution >= 4 is 0 Å². The Hall–Kier alpha value is -0.820. The lowest BCUT2D eigenvalue weighted by Gasteiger charge is -2.37. The zero-order valence-electron chi connectivity index (χ0n) is 15.1. The quantitative estimate of drug-likeness (QED) is 0.636. The molecule has 2 atom stereocenters. The zero-order chi connectivity index (χ0) is 16.1. The van der Waals surface area contributed by atoms with E-state index in [-0.39, 0.29) is 0 Å². The maximum Gasteiger partial charge on any atom is 0.0603 e. The molecule has 1 heterocycles. The fraction of sp³-hybridized carbons (Fsp3) is 0.727. The van der Waals surface area contributed by atoms with Crippen LogP contribution in [-0.4, -0.2) is 12.7 Å². The first-order valence-electron chi connectivity index (χ1n) is 10.0. The van der Waals surface area contributed by atoms with Crippen molar-refractivity contribution in [1.82, 2.24) is 0 Å². The molecule has 0 spiro atoms. The summed E-state index contributed by atoms with van der Waals surface area (Å²) >= 11 is 0. The molecule has 1 saturated carbocycles. The summed E-state index contributed by atoms with van der Waals surface area (Å²) in [6.07, 6.45) is 12.4. The third kappa shape index (κ3) is 4.38. The third-order valence-electron chi connectivity index (χ3n) is 6.27. The number of hydrogen-bond acceptors (Lipinski definition) is 1. The molecular weight excluding hydrogens is 280 g/mol. The van der Waals surface area contributed by atoms with E-state index < -0.39 is 0 Å². The van der Waals surface area contributed by atoms with Gasteiger partial charge in [-0.15, -0.1) is 0 Å². The van der Waals surface area contributed by atoms with Crippen LogP contribution >= 0.6 is 0 Å². The van der Waals surface area contributed by atoms with Crippen LogP contribution < -0.4 is 0 Å². The molecule has 1 aromatic carbocycles. The molecule has 2 fully saturated rings. The van der Waals surface area contributed by atoms with E-state index in [0.717, 1.165) is 24.4 Å². The molecule has 0 N–H and O–H groups in total. The Morgan fingerprint density at radius 1 is 0.913 bits per heavy atom. The molecule has 1 aliphatic carbocycles. The maximum atomic E-state index is 6.20. The molecule has 1 saturated heterocycles. The molecule has 0 radical (unpaired) electrons. The van der Waals surface area contributed by atoms with E-state index in [1.165, 1.54) is 63.4 Å². The average Bonchev–Trinajstić information content (AvgIpc) is 2.63. The second-order valence-corrected chi connectivity index (χ2v) is 7.83. The highest BCUT2D eigenvalue weighted by atomic mass is 16.5. The molecule has 0 aromatic heterocycles. The van der Waals surface area contributed by atoms with Crippen LogP contribution in [-0.2, 0) is 11.2 Å². The molecule has 1 aliphatic heterocycles. The van der Waals surface area contributed by atoms with Gasteiger partial charge in [-0.3, -0.25) is 0 Å². The predicted octanol–water partition coefficient (Wildman–Crippen LogP) is 6.12. The summed E-state index contributed by atoms with van der Waals surface area (Å²) in [5.41, 5.74) is 3.06. The Morgan fingerprint density at radius 2 is 1.65 bits per heavy atom. The SMILES string of the molecule is CCCc1ccc(C2CCC(C3CCC(CC)CO3)CC2)cc1. The normalized spacial score (nSPS) is 31.9. The van der Waals surface area contributed by atoms with Crippen molar-refractivity contribution < 1.29 is 4.74 Å². The van der Waals surface area contributed by atoms with Gasteiger partial charge in [0.25, 0.3) is 0 Å². The monoisotopic (exact) mass is 314 g/mol. The van der Waals surface area contributed by atoms with Gasteiger partial charge in [-0.2, -0.15) is 0 Å². The smallest absolute Gasteiger partial charge is 0.0603 e. The van der Waals surface area contributed by atoms with Crippen LogP contribution in [0, 0.1) is 11.8 Å². The molecule has 0 amide bonds. The van der Waals surface area contributed by atoms with Crippen molar-refractivity contribution in [3.05, 3.63) is 35.4 Å². The van der Waals surface area contributed by atoms with E-state index in [4.69, 9.17) is 4.74 Å². The molecule has 0 bridgehead atoms. The van der Waals surface area contributed by atoms with E-state index in [0.29, 0.717) is 6.10 Å². The lowest BCUT2D eigenvalue weighted by Crippen LogP contribution is -2.33. The van der Waals surface area contributed by atoms with Gasteiger partial charge in [0.1, 0.15) is 0 Å². The summed E-state index contributed by atoms with van der Waals surface area (Å²) in [6, 6.07) is 9.47. The topological polar surface area (TPSA) is 9.23 Å². The minimum absolute atomic E-state index is 0.561. The van der Waals surface area contributed by atoms with Crippen LogP contribution in [0.4, 0.5) is 0 Å². The van der Waals surface area contributed by atoms with E-state index >= 15 is 0 Å². The van der Waals surface area contributed by atoms with E-state index in [1.54, 1.807) is 5.56 Å². The Kier molecular flexibility index (Phi) is 6.16. The Morgan fingerprint density at radius 3 is 2.22 bits per heavy atom. The van der Waals surface area contributed by atoms with Crippen molar-refractivity contribution in [2.45, 2.75) is 83.7 Å². The molecule has 23 heavy (non-hydrogen) atoms. The van der Waals surface area contributed by atoms with Gasteiger partial charge in [0, 0.05) is 6.61 Å². The Bertz CT molecular complexity index is 447. The predicted molar refractivity (Wildman–Crippen MR) is 97.9 cm³/mol. The number of aryl methyl sites for hydroxylation is 1. The summed E-state index contributed by atoms with van der Waals surface area (Å²) in [4.78, 5) is 0. The summed E-state index contributed by atoms with van der Waals surface area (Å²) < 4.78 is 6.20. The number of ether oxygens (including phenoxy) is 1. The number of rotatable bonds is 5. The molecule has 1 aromatic rings. The van der Waals surface area contributed by atoms with Gasteiger partial charge < -0.3 is 4.74 Å². The molecule has 1 nitrogen and oxygen atoms in total. The molecular formula is C22H34O. The number of benzene rings is 1. The zero-order valence-corrected chi connectivity index (χ0v) is 15.1. The highest BCUT2D eigenvalue weighted by molar-refractivity contribution is 5.26. The lowest BCUT2D eigenvalue weighted by molar-refractivity contribution is -0.0566.